The maximum Gasteiger partial charge on any atom is 0.142 e. The number of carbonyl (C=O) groups excluding carboxylic acids is 1. The molecule has 0 unspecified atom stereocenters. The van der Waals surface area contributed by atoms with Gasteiger partial charge in [-0.15, -0.1) is 0 Å². The molecule has 0 saturated heterocycles. The lowest BCUT2D eigenvalue weighted by molar-refractivity contribution is -0.115. The van der Waals surface area contributed by atoms with Gasteiger partial charge in [0.05, 0.1) is 12.8 Å². The van der Waals surface area contributed by atoms with Gasteiger partial charge in [0.1, 0.15) is 18.1 Å². The third-order valence-electron chi connectivity index (χ3n) is 2.12. The lowest BCUT2D eigenvalue weighted by Crippen LogP contribution is -2.00. The van der Waals surface area contributed by atoms with Crippen molar-refractivity contribution in [1.82, 2.24) is 0 Å². The lowest BCUT2D eigenvalue weighted by atomic mass is 10.2. The van der Waals surface area contributed by atoms with E-state index in [-0.39, 0.29) is 5.78 Å². The van der Waals surface area contributed by atoms with E-state index in [9.17, 15) is 4.79 Å². The minimum Gasteiger partial charge on any atom is -0.497 e. The number of ketones is 1. The molecule has 0 fully saturated rings. The zero-order valence-corrected chi connectivity index (χ0v) is 10.4. The van der Waals surface area contributed by atoms with Gasteiger partial charge in [0.15, 0.2) is 0 Å². The summed E-state index contributed by atoms with van der Waals surface area (Å²) < 4.78 is 5.05. The van der Waals surface area contributed by atoms with Crippen molar-refractivity contribution in [2.45, 2.75) is 26.9 Å². The Morgan fingerprint density at radius 1 is 1.24 bits per heavy atom. The molecule has 1 rings (SSSR count). The molecule has 4 heteroatoms. The molecule has 0 N–H and O–H groups in total. The second kappa shape index (κ2) is 6.68. The maximum absolute atomic E-state index is 10.8. The fourth-order valence-electron chi connectivity index (χ4n) is 1.33. The van der Waals surface area contributed by atoms with E-state index in [0.717, 1.165) is 11.3 Å². The summed E-state index contributed by atoms with van der Waals surface area (Å²) in [5.74, 6) is 0.893. The zero-order valence-electron chi connectivity index (χ0n) is 10.4. The van der Waals surface area contributed by atoms with Crippen LogP contribution in [-0.4, -0.2) is 18.6 Å². The van der Waals surface area contributed by atoms with Gasteiger partial charge in [0.2, 0.25) is 0 Å². The molecule has 0 bridgehead atoms. The van der Waals surface area contributed by atoms with Crippen LogP contribution in [0.1, 0.15) is 25.8 Å². The van der Waals surface area contributed by atoms with Crippen LogP contribution in [0.2, 0.25) is 0 Å². The van der Waals surface area contributed by atoms with Gasteiger partial charge in [-0.3, -0.25) is 4.79 Å². The highest BCUT2D eigenvalue weighted by molar-refractivity contribution is 5.99. The van der Waals surface area contributed by atoms with Gasteiger partial charge in [0.25, 0.3) is 0 Å². The van der Waals surface area contributed by atoms with Gasteiger partial charge in [0, 0.05) is 6.42 Å². The Kier molecular flexibility index (Phi) is 5.20. The van der Waals surface area contributed by atoms with Gasteiger partial charge in [-0.1, -0.05) is 17.3 Å². The van der Waals surface area contributed by atoms with Crippen LogP contribution >= 0.6 is 0 Å². The van der Waals surface area contributed by atoms with Gasteiger partial charge in [-0.05, 0) is 31.5 Å². The van der Waals surface area contributed by atoms with Crippen molar-refractivity contribution in [3.8, 4) is 5.75 Å². The number of Topliss-reactive ketones (excluding diaryl/α,β-unsaturated/α-hetero) is 1. The average molecular weight is 235 g/mol. The number of carbonyl (C=O) groups is 1. The molecule has 0 heterocycles. The average Bonchev–Trinajstić information content (AvgIpc) is 2.29. The number of oxime groups is 1. The quantitative estimate of drug-likeness (QED) is 0.562. The number of hydrogen-bond donors (Lipinski definition) is 0. The number of hydrogen-bond acceptors (Lipinski definition) is 4. The molecule has 92 valence electrons. The Balaban J connectivity index is 2.42. The van der Waals surface area contributed by atoms with E-state index in [1.807, 2.05) is 24.3 Å². The molecule has 0 aliphatic heterocycles. The fourth-order valence-corrected chi connectivity index (χ4v) is 1.33. The first kappa shape index (κ1) is 13.2. The number of nitrogens with zero attached hydrogens (tertiary/aromatic N) is 1. The number of ether oxygens (including phenoxy) is 1. The van der Waals surface area contributed by atoms with Crippen molar-refractivity contribution in [2.75, 3.05) is 7.11 Å². The van der Waals surface area contributed by atoms with Crippen molar-refractivity contribution in [2.24, 2.45) is 5.16 Å². The van der Waals surface area contributed by atoms with Crippen LogP contribution in [0.25, 0.3) is 0 Å². The predicted molar refractivity (Wildman–Crippen MR) is 66.2 cm³/mol. The van der Waals surface area contributed by atoms with E-state index in [1.54, 1.807) is 14.0 Å². The summed E-state index contributed by atoms with van der Waals surface area (Å²) in [7, 11) is 1.63. The number of rotatable bonds is 6. The minimum absolute atomic E-state index is 0.0827. The van der Waals surface area contributed by atoms with Crippen LogP contribution in [-0.2, 0) is 16.2 Å². The largest absolute Gasteiger partial charge is 0.497 e. The first-order valence-corrected chi connectivity index (χ1v) is 5.39. The van der Waals surface area contributed by atoms with Gasteiger partial charge in [-0.2, -0.15) is 0 Å². The van der Waals surface area contributed by atoms with Gasteiger partial charge >= 0.3 is 0 Å². The van der Waals surface area contributed by atoms with E-state index < -0.39 is 0 Å². The first-order valence-electron chi connectivity index (χ1n) is 5.39. The summed E-state index contributed by atoms with van der Waals surface area (Å²) in [6, 6.07) is 7.55. The standard InChI is InChI=1S/C13H17NO3/c1-10(8-11(2)15)14-17-9-12-4-6-13(16-3)7-5-12/h4-7H,8-9H2,1-3H3/b14-10+. The first-order chi connectivity index (χ1) is 8.11. The monoisotopic (exact) mass is 235 g/mol. The maximum atomic E-state index is 10.8. The number of benzene rings is 1. The van der Waals surface area contributed by atoms with E-state index in [4.69, 9.17) is 9.57 Å². The molecular weight excluding hydrogens is 218 g/mol. The molecule has 0 aliphatic rings. The third kappa shape index (κ3) is 5.15. The van der Waals surface area contributed by atoms with Crippen LogP contribution in [0.5, 0.6) is 5.75 Å². The summed E-state index contributed by atoms with van der Waals surface area (Å²) in [5, 5.41) is 3.87. The second-order valence-corrected chi connectivity index (χ2v) is 3.83. The summed E-state index contributed by atoms with van der Waals surface area (Å²) in [6.45, 7) is 3.69. The van der Waals surface area contributed by atoms with Crippen molar-refractivity contribution in [1.29, 1.82) is 0 Å². The Morgan fingerprint density at radius 3 is 2.41 bits per heavy atom. The molecule has 0 aromatic heterocycles. The molecule has 1 aromatic rings. The van der Waals surface area contributed by atoms with Gasteiger partial charge < -0.3 is 9.57 Å². The van der Waals surface area contributed by atoms with Crippen LogP contribution in [0, 0.1) is 0 Å². The predicted octanol–water partition coefficient (Wildman–Crippen LogP) is 2.57. The molecule has 0 amide bonds. The van der Waals surface area contributed by atoms with Crippen molar-refractivity contribution in [3.05, 3.63) is 29.8 Å². The number of methoxy groups -OCH3 is 1. The highest BCUT2D eigenvalue weighted by Gasteiger charge is 1.98. The van der Waals surface area contributed by atoms with E-state index in [1.165, 1.54) is 6.92 Å². The Bertz CT molecular complexity index is 396. The van der Waals surface area contributed by atoms with Crippen LogP contribution < -0.4 is 4.74 Å². The van der Waals surface area contributed by atoms with Crippen molar-refractivity contribution < 1.29 is 14.4 Å². The molecule has 1 aromatic carbocycles. The summed E-state index contributed by atoms with van der Waals surface area (Å²) in [6.07, 6.45) is 0.336. The third-order valence-corrected chi connectivity index (χ3v) is 2.12. The van der Waals surface area contributed by atoms with E-state index in [2.05, 4.69) is 5.16 Å². The fraction of sp³-hybridized carbons (Fsp3) is 0.385. The highest BCUT2D eigenvalue weighted by Crippen LogP contribution is 2.11. The lowest BCUT2D eigenvalue weighted by Gasteiger charge is -2.03. The molecule has 17 heavy (non-hydrogen) atoms. The highest BCUT2D eigenvalue weighted by atomic mass is 16.6. The summed E-state index contributed by atoms with van der Waals surface area (Å²) in [4.78, 5) is 16.0. The Labute approximate surface area is 101 Å². The SMILES string of the molecule is COc1ccc(CO/N=C(\C)CC(C)=O)cc1. The molecule has 4 nitrogen and oxygen atoms in total. The van der Waals surface area contributed by atoms with Crippen molar-refractivity contribution >= 4 is 11.5 Å². The molecule has 0 saturated carbocycles. The smallest absolute Gasteiger partial charge is 0.142 e. The molecule has 0 aliphatic carbocycles. The second-order valence-electron chi connectivity index (χ2n) is 3.83. The van der Waals surface area contributed by atoms with Crippen LogP contribution in [0.15, 0.2) is 29.4 Å². The molecule has 0 spiro atoms. The Hall–Kier alpha value is -1.84. The van der Waals surface area contributed by atoms with Crippen molar-refractivity contribution in [3.63, 3.8) is 0 Å². The summed E-state index contributed by atoms with van der Waals surface area (Å²) in [5.41, 5.74) is 1.69. The zero-order chi connectivity index (χ0) is 12.7. The molecule has 0 radical (unpaired) electrons. The molecular formula is C13H17NO3. The minimum atomic E-state index is 0.0827. The normalized spacial score (nSPS) is 11.1. The van der Waals surface area contributed by atoms with E-state index >= 15 is 0 Å². The summed E-state index contributed by atoms with van der Waals surface area (Å²) >= 11 is 0. The van der Waals surface area contributed by atoms with E-state index in [0.29, 0.717) is 18.7 Å². The van der Waals surface area contributed by atoms with Crippen LogP contribution in [0.3, 0.4) is 0 Å². The molecule has 0 atom stereocenters. The van der Waals surface area contributed by atoms with Crippen LogP contribution in [0.4, 0.5) is 0 Å². The van der Waals surface area contributed by atoms with Gasteiger partial charge in [-0.25, -0.2) is 0 Å². The Morgan fingerprint density at radius 2 is 1.88 bits per heavy atom. The topological polar surface area (TPSA) is 47.9 Å².